The minimum atomic E-state index is -0.228. The van der Waals surface area contributed by atoms with E-state index in [-0.39, 0.29) is 5.82 Å². The quantitative estimate of drug-likeness (QED) is 0.493. The van der Waals surface area contributed by atoms with Crippen molar-refractivity contribution in [2.24, 2.45) is 0 Å². The van der Waals surface area contributed by atoms with Gasteiger partial charge in [-0.1, -0.05) is 29.5 Å². The summed E-state index contributed by atoms with van der Waals surface area (Å²) in [5.41, 5.74) is 1.73. The number of benzene rings is 2. The summed E-state index contributed by atoms with van der Waals surface area (Å²) in [7, 11) is 1.64. The Morgan fingerprint density at radius 1 is 1.04 bits per heavy atom. The molecule has 0 fully saturated rings. The largest absolute Gasteiger partial charge is 0.494 e. The lowest BCUT2D eigenvalue weighted by Gasteiger charge is -1.99. The SMILES string of the molecule is COc1cccc2sc(Nc3ccc(-c4cccc(F)c4)s3)nc12. The number of halogens is 1. The van der Waals surface area contributed by atoms with Crippen LogP contribution < -0.4 is 10.1 Å². The maximum atomic E-state index is 13.4. The number of hydrogen-bond acceptors (Lipinski definition) is 5. The second-order valence-corrected chi connectivity index (χ2v) is 7.24. The molecule has 0 saturated carbocycles. The van der Waals surface area contributed by atoms with E-state index in [4.69, 9.17) is 4.74 Å². The zero-order chi connectivity index (χ0) is 16.5. The first-order valence-corrected chi connectivity index (χ1v) is 8.92. The average Bonchev–Trinajstić information content (AvgIpc) is 3.21. The number of para-hydroxylation sites is 1. The molecule has 0 aliphatic heterocycles. The van der Waals surface area contributed by atoms with Crippen molar-refractivity contribution in [1.29, 1.82) is 0 Å². The van der Waals surface area contributed by atoms with Crippen molar-refractivity contribution < 1.29 is 9.13 Å². The van der Waals surface area contributed by atoms with Crippen molar-refractivity contribution in [3.8, 4) is 16.2 Å². The van der Waals surface area contributed by atoms with Crippen LogP contribution in [0.15, 0.2) is 54.6 Å². The van der Waals surface area contributed by atoms with E-state index in [1.165, 1.54) is 12.1 Å². The van der Waals surface area contributed by atoms with Crippen LogP contribution in [0.4, 0.5) is 14.5 Å². The zero-order valence-electron chi connectivity index (χ0n) is 12.7. The van der Waals surface area contributed by atoms with Gasteiger partial charge in [-0.3, -0.25) is 0 Å². The molecule has 0 bridgehead atoms. The van der Waals surface area contributed by atoms with E-state index in [1.54, 1.807) is 35.8 Å². The third kappa shape index (κ3) is 2.86. The van der Waals surface area contributed by atoms with Crippen LogP contribution in [0.25, 0.3) is 20.7 Å². The van der Waals surface area contributed by atoms with Crippen LogP contribution in [0.1, 0.15) is 0 Å². The van der Waals surface area contributed by atoms with Crippen molar-refractivity contribution in [2.45, 2.75) is 0 Å². The van der Waals surface area contributed by atoms with Gasteiger partial charge in [-0.15, -0.1) is 11.3 Å². The molecule has 0 aliphatic carbocycles. The van der Waals surface area contributed by atoms with Crippen molar-refractivity contribution in [2.75, 3.05) is 12.4 Å². The molecular formula is C18H13FN2OS2. The van der Waals surface area contributed by atoms with E-state index in [0.717, 1.165) is 36.5 Å². The van der Waals surface area contributed by atoms with Crippen LogP contribution in [0.3, 0.4) is 0 Å². The Morgan fingerprint density at radius 2 is 1.92 bits per heavy atom. The molecule has 0 spiro atoms. The fourth-order valence-corrected chi connectivity index (χ4v) is 4.31. The maximum Gasteiger partial charge on any atom is 0.189 e. The highest BCUT2D eigenvalue weighted by Crippen LogP contribution is 2.37. The third-order valence-corrected chi connectivity index (χ3v) is 5.53. The number of aromatic nitrogens is 1. The molecule has 0 radical (unpaired) electrons. The number of thiazole rings is 1. The first-order chi connectivity index (χ1) is 11.7. The molecule has 2 heterocycles. The Morgan fingerprint density at radius 3 is 2.75 bits per heavy atom. The molecule has 0 saturated heterocycles. The molecule has 3 nitrogen and oxygen atoms in total. The van der Waals surface area contributed by atoms with E-state index in [2.05, 4.69) is 10.3 Å². The smallest absolute Gasteiger partial charge is 0.189 e. The number of nitrogens with one attached hydrogen (secondary N) is 1. The van der Waals surface area contributed by atoms with E-state index < -0.39 is 0 Å². The second kappa shape index (κ2) is 6.22. The number of thiophene rings is 1. The lowest BCUT2D eigenvalue weighted by atomic mass is 10.2. The molecule has 0 amide bonds. The number of hydrogen-bond donors (Lipinski definition) is 1. The molecule has 24 heavy (non-hydrogen) atoms. The van der Waals surface area contributed by atoms with Crippen LogP contribution >= 0.6 is 22.7 Å². The van der Waals surface area contributed by atoms with Crippen molar-refractivity contribution >= 4 is 43.0 Å². The number of nitrogens with zero attached hydrogens (tertiary/aromatic N) is 1. The van der Waals surface area contributed by atoms with Crippen LogP contribution in [-0.2, 0) is 0 Å². The Kier molecular flexibility index (Phi) is 3.92. The summed E-state index contributed by atoms with van der Waals surface area (Å²) in [6.07, 6.45) is 0. The molecular weight excluding hydrogens is 343 g/mol. The average molecular weight is 356 g/mol. The first-order valence-electron chi connectivity index (χ1n) is 7.29. The highest BCUT2D eigenvalue weighted by Gasteiger charge is 2.10. The zero-order valence-corrected chi connectivity index (χ0v) is 14.4. The molecule has 6 heteroatoms. The second-order valence-electron chi connectivity index (χ2n) is 5.13. The van der Waals surface area contributed by atoms with Gasteiger partial charge in [-0.25, -0.2) is 9.37 Å². The van der Waals surface area contributed by atoms with Gasteiger partial charge in [0, 0.05) is 4.88 Å². The molecule has 0 aliphatic rings. The van der Waals surface area contributed by atoms with Gasteiger partial charge in [0.25, 0.3) is 0 Å². The van der Waals surface area contributed by atoms with Gasteiger partial charge < -0.3 is 10.1 Å². The summed E-state index contributed by atoms with van der Waals surface area (Å²) in [6, 6.07) is 16.5. The van der Waals surface area contributed by atoms with Crippen LogP contribution in [0, 0.1) is 5.82 Å². The first kappa shape index (κ1) is 15.1. The molecule has 2 aromatic carbocycles. The number of anilines is 2. The van der Waals surface area contributed by atoms with Gasteiger partial charge in [0.2, 0.25) is 0 Å². The van der Waals surface area contributed by atoms with E-state index >= 15 is 0 Å². The fourth-order valence-electron chi connectivity index (χ4n) is 2.45. The van der Waals surface area contributed by atoms with Crippen LogP contribution in [0.2, 0.25) is 0 Å². The lowest BCUT2D eigenvalue weighted by molar-refractivity contribution is 0.419. The highest BCUT2D eigenvalue weighted by atomic mass is 32.1. The normalized spacial score (nSPS) is 10.9. The highest BCUT2D eigenvalue weighted by molar-refractivity contribution is 7.23. The summed E-state index contributed by atoms with van der Waals surface area (Å²) >= 11 is 3.14. The van der Waals surface area contributed by atoms with Gasteiger partial charge in [0.1, 0.15) is 17.1 Å². The summed E-state index contributed by atoms with van der Waals surface area (Å²) < 4.78 is 19.8. The molecule has 0 atom stereocenters. The van der Waals surface area contributed by atoms with Gasteiger partial charge in [-0.2, -0.15) is 0 Å². The van der Waals surface area contributed by atoms with Crippen molar-refractivity contribution in [1.82, 2.24) is 4.98 Å². The Labute approximate surface area is 146 Å². The monoisotopic (exact) mass is 356 g/mol. The predicted octanol–water partition coefficient (Wildman–Crippen LogP) is 5.92. The van der Waals surface area contributed by atoms with E-state index in [9.17, 15) is 4.39 Å². The lowest BCUT2D eigenvalue weighted by Crippen LogP contribution is -1.86. The minimum Gasteiger partial charge on any atom is -0.494 e. The Balaban J connectivity index is 1.62. The minimum absolute atomic E-state index is 0.228. The fraction of sp³-hybridized carbons (Fsp3) is 0.0556. The molecule has 0 unspecified atom stereocenters. The summed E-state index contributed by atoms with van der Waals surface area (Å²) in [6.45, 7) is 0. The summed E-state index contributed by atoms with van der Waals surface area (Å²) in [5, 5.41) is 5.10. The topological polar surface area (TPSA) is 34.1 Å². The Hall–Kier alpha value is -2.44. The van der Waals surface area contributed by atoms with Gasteiger partial charge >= 0.3 is 0 Å². The molecule has 4 aromatic rings. The molecule has 4 rings (SSSR count). The number of rotatable bonds is 4. The van der Waals surface area contributed by atoms with E-state index in [1.807, 2.05) is 36.4 Å². The van der Waals surface area contributed by atoms with Crippen molar-refractivity contribution in [3.05, 3.63) is 60.4 Å². The number of methoxy groups -OCH3 is 1. The van der Waals surface area contributed by atoms with Crippen molar-refractivity contribution in [3.63, 3.8) is 0 Å². The molecule has 1 N–H and O–H groups in total. The van der Waals surface area contributed by atoms with Crippen LogP contribution in [-0.4, -0.2) is 12.1 Å². The van der Waals surface area contributed by atoms with E-state index in [0.29, 0.717) is 0 Å². The number of fused-ring (bicyclic) bond motifs is 1. The van der Waals surface area contributed by atoms with Gasteiger partial charge in [0.15, 0.2) is 5.13 Å². The van der Waals surface area contributed by atoms with Gasteiger partial charge in [-0.05, 0) is 42.0 Å². The molecule has 120 valence electrons. The Bertz CT molecular complexity index is 1010. The third-order valence-electron chi connectivity index (χ3n) is 3.55. The summed E-state index contributed by atoms with van der Waals surface area (Å²) in [4.78, 5) is 5.61. The predicted molar refractivity (Wildman–Crippen MR) is 99.2 cm³/mol. The maximum absolute atomic E-state index is 13.4. The molecule has 2 aromatic heterocycles. The standard InChI is InChI=1S/C18H13FN2OS2/c1-22-13-6-3-7-15-17(13)21-18(24-15)20-16-9-8-14(23-16)11-4-2-5-12(19)10-11/h2-10H,1H3,(H,20,21). The van der Waals surface area contributed by atoms with Crippen LogP contribution in [0.5, 0.6) is 5.75 Å². The number of ether oxygens (including phenoxy) is 1. The van der Waals surface area contributed by atoms with Gasteiger partial charge in [0.05, 0.1) is 16.8 Å². The summed E-state index contributed by atoms with van der Waals surface area (Å²) in [5.74, 6) is 0.539.